The number of hydrogen-bond donors (Lipinski definition) is 0. The Labute approximate surface area is 105 Å². The third-order valence-electron chi connectivity index (χ3n) is 2.79. The standard InChI is InChI=1S/C14H27Br/c1-2-3-4-5-6-7-8-9-10-11-12-13-14-15/h2H,1,3-14H2. The molecule has 0 N–H and O–H groups in total. The molecule has 15 heavy (non-hydrogen) atoms. The van der Waals surface area contributed by atoms with Gasteiger partial charge in [-0.1, -0.05) is 73.4 Å². The molecule has 0 aliphatic heterocycles. The van der Waals surface area contributed by atoms with Crippen molar-refractivity contribution < 1.29 is 0 Å². The van der Waals surface area contributed by atoms with Crippen molar-refractivity contribution in [1.29, 1.82) is 0 Å². The quantitative estimate of drug-likeness (QED) is 0.238. The molecule has 0 aliphatic carbocycles. The summed E-state index contributed by atoms with van der Waals surface area (Å²) in [5.41, 5.74) is 0. The predicted molar refractivity (Wildman–Crippen MR) is 74.8 cm³/mol. The highest BCUT2D eigenvalue weighted by atomic mass is 79.9. The summed E-state index contributed by atoms with van der Waals surface area (Å²) in [5, 5.41) is 1.18. The van der Waals surface area contributed by atoms with Gasteiger partial charge in [0.15, 0.2) is 0 Å². The second-order valence-corrected chi connectivity index (χ2v) is 5.09. The van der Waals surface area contributed by atoms with Gasteiger partial charge in [0.2, 0.25) is 0 Å². The van der Waals surface area contributed by atoms with E-state index in [2.05, 4.69) is 22.5 Å². The van der Waals surface area contributed by atoms with E-state index in [0.717, 1.165) is 0 Å². The van der Waals surface area contributed by atoms with Gasteiger partial charge in [-0.15, -0.1) is 6.58 Å². The van der Waals surface area contributed by atoms with Crippen LogP contribution in [0.25, 0.3) is 0 Å². The summed E-state index contributed by atoms with van der Waals surface area (Å²) in [6.07, 6.45) is 17.4. The lowest BCUT2D eigenvalue weighted by atomic mass is 10.1. The van der Waals surface area contributed by atoms with Crippen LogP contribution < -0.4 is 0 Å². The van der Waals surface area contributed by atoms with Crippen molar-refractivity contribution >= 4 is 15.9 Å². The van der Waals surface area contributed by atoms with Crippen LogP contribution in [0.15, 0.2) is 12.7 Å². The Morgan fingerprint density at radius 3 is 1.47 bits per heavy atom. The van der Waals surface area contributed by atoms with Crippen molar-refractivity contribution in [3.8, 4) is 0 Å². The molecule has 0 bridgehead atoms. The number of rotatable bonds is 12. The average molecular weight is 275 g/mol. The average Bonchev–Trinajstić information content (AvgIpc) is 2.26. The maximum absolute atomic E-state index is 3.74. The minimum Gasteiger partial charge on any atom is -0.103 e. The summed E-state index contributed by atoms with van der Waals surface area (Å²) < 4.78 is 0. The number of allylic oxidation sites excluding steroid dienone is 1. The first kappa shape index (κ1) is 15.2. The fraction of sp³-hybridized carbons (Fsp3) is 0.857. The van der Waals surface area contributed by atoms with Gasteiger partial charge < -0.3 is 0 Å². The zero-order chi connectivity index (χ0) is 11.2. The lowest BCUT2D eigenvalue weighted by Gasteiger charge is -2.01. The van der Waals surface area contributed by atoms with Crippen molar-refractivity contribution in [2.45, 2.75) is 70.6 Å². The molecule has 0 radical (unpaired) electrons. The van der Waals surface area contributed by atoms with Crippen molar-refractivity contribution in [2.75, 3.05) is 5.33 Å². The molecular weight excluding hydrogens is 248 g/mol. The third kappa shape index (κ3) is 14.2. The number of hydrogen-bond acceptors (Lipinski definition) is 0. The second kappa shape index (κ2) is 14.2. The van der Waals surface area contributed by atoms with E-state index in [1.165, 1.54) is 76.0 Å². The van der Waals surface area contributed by atoms with Gasteiger partial charge in [0, 0.05) is 5.33 Å². The van der Waals surface area contributed by atoms with E-state index >= 15 is 0 Å². The maximum atomic E-state index is 3.74. The van der Waals surface area contributed by atoms with Gasteiger partial charge in [-0.05, 0) is 19.3 Å². The van der Waals surface area contributed by atoms with Gasteiger partial charge in [-0.25, -0.2) is 0 Å². The fourth-order valence-corrected chi connectivity index (χ4v) is 2.19. The molecule has 0 amide bonds. The molecule has 90 valence electrons. The molecule has 0 unspecified atom stereocenters. The SMILES string of the molecule is C=CCCCCCCCCCCCCBr. The predicted octanol–water partition coefficient (Wildman–Crippen LogP) is 5.86. The van der Waals surface area contributed by atoms with Crippen molar-refractivity contribution in [2.24, 2.45) is 0 Å². The van der Waals surface area contributed by atoms with E-state index in [4.69, 9.17) is 0 Å². The Bertz CT molecular complexity index is 121. The highest BCUT2D eigenvalue weighted by molar-refractivity contribution is 9.09. The molecule has 0 fully saturated rings. The molecule has 0 aliphatic rings. The molecule has 0 aromatic heterocycles. The van der Waals surface area contributed by atoms with E-state index in [9.17, 15) is 0 Å². The zero-order valence-corrected chi connectivity index (χ0v) is 11.7. The molecule has 0 aromatic rings. The Balaban J connectivity index is 2.83. The first-order valence-corrected chi connectivity index (χ1v) is 7.71. The van der Waals surface area contributed by atoms with Crippen LogP contribution in [0, 0.1) is 0 Å². The Hall–Kier alpha value is 0.220. The summed E-state index contributed by atoms with van der Waals surface area (Å²) in [5.74, 6) is 0. The molecule has 0 saturated carbocycles. The van der Waals surface area contributed by atoms with E-state index in [0.29, 0.717) is 0 Å². The summed E-state index contributed by atoms with van der Waals surface area (Å²) in [6, 6.07) is 0. The summed E-state index contributed by atoms with van der Waals surface area (Å²) in [7, 11) is 0. The molecule has 0 rings (SSSR count). The van der Waals surface area contributed by atoms with Crippen LogP contribution in [0.3, 0.4) is 0 Å². The van der Waals surface area contributed by atoms with Crippen LogP contribution in [-0.2, 0) is 0 Å². The Kier molecular flexibility index (Phi) is 14.4. The van der Waals surface area contributed by atoms with Crippen molar-refractivity contribution in [1.82, 2.24) is 0 Å². The fourth-order valence-electron chi connectivity index (χ4n) is 1.80. The first-order chi connectivity index (χ1) is 7.41. The summed E-state index contributed by atoms with van der Waals surface area (Å²) >= 11 is 3.47. The normalized spacial score (nSPS) is 10.5. The minimum atomic E-state index is 1.18. The molecule has 0 nitrogen and oxygen atoms in total. The largest absolute Gasteiger partial charge is 0.103 e. The van der Waals surface area contributed by atoms with Gasteiger partial charge in [-0.2, -0.15) is 0 Å². The topological polar surface area (TPSA) is 0 Å². The molecular formula is C14H27Br. The molecule has 0 atom stereocenters. The molecule has 0 aromatic carbocycles. The van der Waals surface area contributed by atoms with Gasteiger partial charge in [0.25, 0.3) is 0 Å². The smallest absolute Gasteiger partial charge is 0.00313 e. The van der Waals surface area contributed by atoms with E-state index in [1.807, 2.05) is 6.08 Å². The molecule has 0 heterocycles. The Morgan fingerprint density at radius 1 is 0.667 bits per heavy atom. The van der Waals surface area contributed by atoms with Crippen LogP contribution in [0.4, 0.5) is 0 Å². The maximum Gasteiger partial charge on any atom is 0.00313 e. The van der Waals surface area contributed by atoms with Gasteiger partial charge >= 0.3 is 0 Å². The van der Waals surface area contributed by atoms with E-state index < -0.39 is 0 Å². The molecule has 0 saturated heterocycles. The molecule has 0 spiro atoms. The number of alkyl halides is 1. The second-order valence-electron chi connectivity index (χ2n) is 4.30. The lowest BCUT2D eigenvalue weighted by molar-refractivity contribution is 0.558. The highest BCUT2D eigenvalue weighted by Gasteiger charge is 1.92. The monoisotopic (exact) mass is 274 g/mol. The van der Waals surface area contributed by atoms with Gasteiger partial charge in [0.05, 0.1) is 0 Å². The van der Waals surface area contributed by atoms with Crippen LogP contribution >= 0.6 is 15.9 Å². The summed E-state index contributed by atoms with van der Waals surface area (Å²) in [4.78, 5) is 0. The first-order valence-electron chi connectivity index (χ1n) is 6.58. The Morgan fingerprint density at radius 2 is 1.07 bits per heavy atom. The van der Waals surface area contributed by atoms with Crippen molar-refractivity contribution in [3.05, 3.63) is 12.7 Å². The van der Waals surface area contributed by atoms with E-state index in [1.54, 1.807) is 0 Å². The third-order valence-corrected chi connectivity index (χ3v) is 3.35. The van der Waals surface area contributed by atoms with Gasteiger partial charge in [-0.3, -0.25) is 0 Å². The number of halogens is 1. The van der Waals surface area contributed by atoms with Gasteiger partial charge in [0.1, 0.15) is 0 Å². The van der Waals surface area contributed by atoms with Crippen LogP contribution in [0.5, 0.6) is 0 Å². The van der Waals surface area contributed by atoms with Crippen molar-refractivity contribution in [3.63, 3.8) is 0 Å². The minimum absolute atomic E-state index is 1.18. The van der Waals surface area contributed by atoms with Crippen LogP contribution in [-0.4, -0.2) is 5.33 Å². The van der Waals surface area contributed by atoms with E-state index in [-0.39, 0.29) is 0 Å². The zero-order valence-electron chi connectivity index (χ0n) is 10.1. The summed E-state index contributed by atoms with van der Waals surface area (Å²) in [6.45, 7) is 3.74. The number of unbranched alkanes of at least 4 members (excludes halogenated alkanes) is 10. The molecule has 1 heteroatoms. The van der Waals surface area contributed by atoms with Crippen LogP contribution in [0.1, 0.15) is 70.6 Å². The lowest BCUT2D eigenvalue weighted by Crippen LogP contribution is -1.82. The highest BCUT2D eigenvalue weighted by Crippen LogP contribution is 2.11. The van der Waals surface area contributed by atoms with Crippen LogP contribution in [0.2, 0.25) is 0 Å².